The lowest BCUT2D eigenvalue weighted by Gasteiger charge is -2.16. The number of hydrogen-bond donors (Lipinski definition) is 3. The number of pyridine rings is 2. The Balaban J connectivity index is 1.14. The number of rotatable bonds is 10. The van der Waals surface area contributed by atoms with Crippen LogP contribution in [-0.4, -0.2) is 69.2 Å². The highest BCUT2D eigenvalue weighted by molar-refractivity contribution is 6.39. The van der Waals surface area contributed by atoms with Crippen LogP contribution < -0.4 is 20.9 Å². The van der Waals surface area contributed by atoms with E-state index < -0.39 is 0 Å². The first-order chi connectivity index (χ1) is 23.8. The van der Waals surface area contributed by atoms with Crippen LogP contribution in [0.4, 0.5) is 0 Å². The predicted molar refractivity (Wildman–Crippen MR) is 191 cm³/mol. The van der Waals surface area contributed by atoms with Crippen LogP contribution in [0.5, 0.6) is 5.88 Å². The lowest BCUT2D eigenvalue weighted by atomic mass is 9.97. The van der Waals surface area contributed by atoms with Crippen LogP contribution in [0.15, 0.2) is 77.9 Å². The summed E-state index contributed by atoms with van der Waals surface area (Å²) in [6.45, 7) is 2.98. The number of carbonyl (C=O) groups excluding carboxylic acids is 1. The highest BCUT2D eigenvalue weighted by Crippen LogP contribution is 2.42. The summed E-state index contributed by atoms with van der Waals surface area (Å²) < 4.78 is 7.18. The van der Waals surface area contributed by atoms with Crippen LogP contribution in [0.25, 0.3) is 39.2 Å². The molecule has 252 valence electrons. The third-order valence-electron chi connectivity index (χ3n) is 9.22. The zero-order valence-corrected chi connectivity index (χ0v) is 28.5. The molecule has 2 aliphatic rings. The van der Waals surface area contributed by atoms with Gasteiger partial charge < -0.3 is 20.5 Å². The molecule has 2 aliphatic heterocycles. The number of nitrogens with one attached hydrogen (secondary N) is 2. The minimum absolute atomic E-state index is 0.0944. The van der Waals surface area contributed by atoms with Gasteiger partial charge in [0.1, 0.15) is 5.65 Å². The van der Waals surface area contributed by atoms with E-state index in [4.69, 9.17) is 32.9 Å². The third-order valence-corrected chi connectivity index (χ3v) is 10.0. The summed E-state index contributed by atoms with van der Waals surface area (Å²) >= 11 is 14.2. The summed E-state index contributed by atoms with van der Waals surface area (Å²) in [5.74, 6) is 0.588. The number of fused-ring (bicyclic) bond motifs is 1. The molecule has 2 saturated heterocycles. The number of benzene rings is 2. The molecule has 0 aliphatic carbocycles. The lowest BCUT2D eigenvalue weighted by Crippen LogP contribution is -2.35. The maximum Gasteiger partial charge on any atom is 0.262 e. The molecule has 5 heterocycles. The van der Waals surface area contributed by atoms with Gasteiger partial charge in [0.05, 0.1) is 34.5 Å². The number of hydrogen-bond acceptors (Lipinski definition) is 8. The van der Waals surface area contributed by atoms with E-state index in [1.807, 2.05) is 60.7 Å². The molecule has 0 bridgehead atoms. The second-order valence-electron chi connectivity index (χ2n) is 12.5. The molecular formula is C37H36Cl2N6O4. The standard InChI is InChI=1S/C37H36Cl2N6O4/c1-49-36-23(17-40-19-25-9-11-33(47)42-25)8-10-31(43-36)30-7-3-6-29(35(30)39)28-5-2-4-27(34(28)38)22-12-15-45-32(16-22)41-18-24(37(45)48)20-44-14-13-26(46)21-44/h2-8,10,12,15-16,18,25-26,40,46H,9,11,13-14,17,19-21H2,1H3,(H,42,47)/t25-,26-/m0/s1. The van der Waals surface area contributed by atoms with Gasteiger partial charge in [-0.05, 0) is 36.6 Å². The molecule has 7 rings (SSSR count). The first kappa shape index (κ1) is 33.2. The number of methoxy groups -OCH3 is 1. The first-order valence-electron chi connectivity index (χ1n) is 16.3. The van der Waals surface area contributed by atoms with Crippen LogP contribution in [0.2, 0.25) is 10.0 Å². The third kappa shape index (κ3) is 6.92. The number of β-amino-alcohol motifs (C(OH)–C–C–N with tert-alkyl or cyclic N) is 1. The van der Waals surface area contributed by atoms with Crippen molar-refractivity contribution in [2.45, 2.75) is 44.5 Å². The number of amides is 1. The lowest BCUT2D eigenvalue weighted by molar-refractivity contribution is -0.119. The molecule has 10 nitrogen and oxygen atoms in total. The molecular weight excluding hydrogens is 663 g/mol. The number of aromatic nitrogens is 3. The number of aliphatic hydroxyl groups is 1. The Bertz CT molecular complexity index is 2100. The van der Waals surface area contributed by atoms with Gasteiger partial charge in [-0.25, -0.2) is 9.97 Å². The van der Waals surface area contributed by atoms with E-state index in [2.05, 4.69) is 20.5 Å². The molecule has 2 atom stereocenters. The summed E-state index contributed by atoms with van der Waals surface area (Å²) in [5, 5.41) is 17.2. The minimum Gasteiger partial charge on any atom is -0.481 e. The highest BCUT2D eigenvalue weighted by atomic mass is 35.5. The molecule has 0 unspecified atom stereocenters. The average Bonchev–Trinajstić information content (AvgIpc) is 3.73. The molecule has 3 aromatic heterocycles. The topological polar surface area (TPSA) is 121 Å². The Morgan fingerprint density at radius 3 is 2.45 bits per heavy atom. The molecule has 1 amide bonds. The number of carbonyl (C=O) groups is 1. The van der Waals surface area contributed by atoms with Crippen molar-refractivity contribution < 1.29 is 14.6 Å². The van der Waals surface area contributed by atoms with E-state index >= 15 is 0 Å². The second-order valence-corrected chi connectivity index (χ2v) is 13.3. The molecule has 2 aromatic carbocycles. The maximum atomic E-state index is 13.3. The average molecular weight is 700 g/mol. The smallest absolute Gasteiger partial charge is 0.262 e. The Kier molecular flexibility index (Phi) is 9.66. The molecule has 2 fully saturated rings. The van der Waals surface area contributed by atoms with Crippen molar-refractivity contribution >= 4 is 34.8 Å². The van der Waals surface area contributed by atoms with Gasteiger partial charge in [0.15, 0.2) is 0 Å². The van der Waals surface area contributed by atoms with Crippen molar-refractivity contribution in [1.82, 2.24) is 29.9 Å². The zero-order chi connectivity index (χ0) is 34.1. The van der Waals surface area contributed by atoms with Gasteiger partial charge in [0.25, 0.3) is 5.56 Å². The second kappa shape index (κ2) is 14.3. The van der Waals surface area contributed by atoms with Crippen LogP contribution in [0.1, 0.15) is 30.4 Å². The molecule has 49 heavy (non-hydrogen) atoms. The van der Waals surface area contributed by atoms with Crippen LogP contribution in [0.3, 0.4) is 0 Å². The summed E-state index contributed by atoms with van der Waals surface area (Å²) in [6.07, 6.45) is 5.11. The molecule has 0 spiro atoms. The van der Waals surface area contributed by atoms with Gasteiger partial charge in [0.2, 0.25) is 11.8 Å². The fraction of sp³-hybridized carbons (Fsp3) is 0.297. The van der Waals surface area contributed by atoms with E-state index in [0.717, 1.165) is 46.3 Å². The minimum atomic E-state index is -0.351. The van der Waals surface area contributed by atoms with Gasteiger partial charge in [0, 0.05) is 85.4 Å². The Morgan fingerprint density at radius 1 is 0.980 bits per heavy atom. The first-order valence-corrected chi connectivity index (χ1v) is 17.1. The van der Waals surface area contributed by atoms with E-state index in [0.29, 0.717) is 71.9 Å². The van der Waals surface area contributed by atoms with Gasteiger partial charge in [-0.2, -0.15) is 0 Å². The monoisotopic (exact) mass is 698 g/mol. The fourth-order valence-electron chi connectivity index (χ4n) is 6.63. The van der Waals surface area contributed by atoms with E-state index in [-0.39, 0.29) is 23.6 Å². The van der Waals surface area contributed by atoms with Gasteiger partial charge >= 0.3 is 0 Å². The van der Waals surface area contributed by atoms with Gasteiger partial charge in [-0.3, -0.25) is 18.9 Å². The highest BCUT2D eigenvalue weighted by Gasteiger charge is 2.23. The number of nitrogens with zero attached hydrogens (tertiary/aromatic N) is 4. The molecule has 3 N–H and O–H groups in total. The summed E-state index contributed by atoms with van der Waals surface area (Å²) in [4.78, 5) is 36.2. The van der Waals surface area contributed by atoms with Crippen LogP contribution >= 0.6 is 23.2 Å². The molecule has 0 saturated carbocycles. The summed E-state index contributed by atoms with van der Waals surface area (Å²) in [6, 6.07) is 19.3. The maximum absolute atomic E-state index is 13.3. The molecule has 5 aromatic rings. The quantitative estimate of drug-likeness (QED) is 0.179. The zero-order valence-electron chi connectivity index (χ0n) is 27.0. The van der Waals surface area contributed by atoms with Crippen molar-refractivity contribution in [2.75, 3.05) is 26.7 Å². The molecule has 0 radical (unpaired) electrons. The van der Waals surface area contributed by atoms with E-state index in [1.165, 1.54) is 0 Å². The van der Waals surface area contributed by atoms with Crippen molar-refractivity contribution in [2.24, 2.45) is 0 Å². The van der Waals surface area contributed by atoms with E-state index in [9.17, 15) is 14.7 Å². The SMILES string of the molecule is COc1nc(-c2cccc(-c3cccc(-c4ccn5c(=O)c(CN6CC[C@H](O)C6)cnc5c4)c3Cl)c2Cl)ccc1CNC[C@@H]1CCC(=O)N1. The fourth-order valence-corrected chi connectivity index (χ4v) is 7.29. The largest absolute Gasteiger partial charge is 0.481 e. The van der Waals surface area contributed by atoms with Crippen molar-refractivity contribution in [3.05, 3.63) is 105 Å². The summed E-state index contributed by atoms with van der Waals surface area (Å²) in [5.41, 5.74) is 6.36. The predicted octanol–water partition coefficient (Wildman–Crippen LogP) is 5.34. The number of likely N-dealkylation sites (tertiary alicyclic amines) is 1. The van der Waals surface area contributed by atoms with E-state index in [1.54, 1.807) is 23.9 Å². The van der Waals surface area contributed by atoms with Gasteiger partial charge in [-0.1, -0.05) is 65.7 Å². The Hall–Kier alpha value is -4.32. The van der Waals surface area contributed by atoms with Crippen molar-refractivity contribution in [1.29, 1.82) is 0 Å². The number of halogens is 2. The van der Waals surface area contributed by atoms with Crippen molar-refractivity contribution in [3.63, 3.8) is 0 Å². The van der Waals surface area contributed by atoms with Crippen LogP contribution in [0, 0.1) is 0 Å². The van der Waals surface area contributed by atoms with Gasteiger partial charge in [-0.15, -0.1) is 0 Å². The van der Waals surface area contributed by atoms with Crippen molar-refractivity contribution in [3.8, 4) is 39.4 Å². The number of aliphatic hydroxyl groups excluding tert-OH is 1. The Morgan fingerprint density at radius 2 is 1.73 bits per heavy atom. The number of ether oxygens (including phenoxy) is 1. The van der Waals surface area contributed by atoms with Crippen LogP contribution in [-0.2, 0) is 17.9 Å². The molecule has 12 heteroatoms. The normalized spacial score (nSPS) is 17.9. The Labute approximate surface area is 293 Å². The summed E-state index contributed by atoms with van der Waals surface area (Å²) in [7, 11) is 1.59.